The lowest BCUT2D eigenvalue weighted by Gasteiger charge is -2.24. The van der Waals surface area contributed by atoms with Crippen molar-refractivity contribution in [1.29, 1.82) is 0 Å². The van der Waals surface area contributed by atoms with Gasteiger partial charge in [0.05, 0.1) is 12.1 Å². The summed E-state index contributed by atoms with van der Waals surface area (Å²) < 4.78 is 5.86. The summed E-state index contributed by atoms with van der Waals surface area (Å²) in [5, 5.41) is 3.41. The molecular formula is C12H14ClNO2. The first-order chi connectivity index (χ1) is 7.37. The van der Waals surface area contributed by atoms with Gasteiger partial charge in [0, 0.05) is 5.02 Å². The third-order valence-electron chi connectivity index (χ3n) is 2.48. The average Bonchev–Trinajstić information content (AvgIpc) is 2.19. The van der Waals surface area contributed by atoms with E-state index in [4.69, 9.17) is 16.3 Å². The van der Waals surface area contributed by atoms with E-state index < -0.39 is 5.60 Å². The summed E-state index contributed by atoms with van der Waals surface area (Å²) in [4.78, 5) is 11.6. The van der Waals surface area contributed by atoms with Crippen molar-refractivity contribution in [2.24, 2.45) is 0 Å². The number of hydrogen-bond donors (Lipinski definition) is 1. The Morgan fingerprint density at radius 1 is 1.44 bits per heavy atom. The number of ether oxygens (including phenoxy) is 1. The molecule has 1 N–H and O–H groups in total. The first kappa shape index (κ1) is 11.3. The van der Waals surface area contributed by atoms with Crippen molar-refractivity contribution in [2.45, 2.75) is 32.8 Å². The number of nitrogens with one attached hydrogen (secondary N) is 1. The zero-order valence-electron chi connectivity index (χ0n) is 9.56. The summed E-state index contributed by atoms with van der Waals surface area (Å²) >= 11 is 5.95. The third-order valence-corrected chi connectivity index (χ3v) is 2.70. The van der Waals surface area contributed by atoms with Crippen LogP contribution in [0, 0.1) is 6.92 Å². The van der Waals surface area contributed by atoms with Crippen molar-refractivity contribution >= 4 is 23.2 Å². The molecule has 1 aliphatic heterocycles. The van der Waals surface area contributed by atoms with Gasteiger partial charge >= 0.3 is 0 Å². The van der Waals surface area contributed by atoms with E-state index in [1.165, 1.54) is 0 Å². The van der Waals surface area contributed by atoms with E-state index in [2.05, 4.69) is 5.32 Å². The lowest BCUT2D eigenvalue weighted by atomic mass is 10.1. The van der Waals surface area contributed by atoms with Crippen LogP contribution in [0.5, 0.6) is 5.75 Å². The minimum atomic E-state index is -0.492. The molecule has 0 spiro atoms. The maximum absolute atomic E-state index is 11.6. The Hall–Kier alpha value is -1.22. The van der Waals surface area contributed by atoms with Crippen LogP contribution >= 0.6 is 11.6 Å². The van der Waals surface area contributed by atoms with Gasteiger partial charge in [0.15, 0.2) is 0 Å². The number of rotatable bonds is 0. The van der Waals surface area contributed by atoms with Crippen LogP contribution in [0.1, 0.15) is 25.8 Å². The van der Waals surface area contributed by atoms with Crippen molar-refractivity contribution in [2.75, 3.05) is 5.32 Å². The van der Waals surface area contributed by atoms with E-state index in [-0.39, 0.29) is 5.91 Å². The minimum absolute atomic E-state index is 0.0505. The maximum Gasteiger partial charge on any atom is 0.228 e. The normalized spacial score (nSPS) is 18.1. The van der Waals surface area contributed by atoms with Crippen molar-refractivity contribution in [1.82, 2.24) is 0 Å². The highest BCUT2D eigenvalue weighted by Crippen LogP contribution is 2.37. The number of benzene rings is 1. The van der Waals surface area contributed by atoms with Gasteiger partial charge in [0.25, 0.3) is 0 Å². The molecule has 1 heterocycles. The predicted octanol–water partition coefficient (Wildman–Crippen LogP) is 3.15. The Kier molecular flexibility index (Phi) is 2.58. The van der Waals surface area contributed by atoms with Crippen molar-refractivity contribution in [3.8, 4) is 5.75 Å². The van der Waals surface area contributed by atoms with Gasteiger partial charge < -0.3 is 10.1 Å². The van der Waals surface area contributed by atoms with Crippen molar-refractivity contribution < 1.29 is 9.53 Å². The fourth-order valence-electron chi connectivity index (χ4n) is 1.85. The van der Waals surface area contributed by atoms with Crippen LogP contribution in [0.2, 0.25) is 5.02 Å². The SMILES string of the molecule is Cc1cc(Cl)cc2c1OC(C)(C)CC(=O)N2. The number of amides is 1. The van der Waals surface area contributed by atoms with Crippen molar-refractivity contribution in [3.63, 3.8) is 0 Å². The van der Waals surface area contributed by atoms with E-state index in [9.17, 15) is 4.79 Å². The number of carbonyl (C=O) groups excluding carboxylic acids is 1. The van der Waals surface area contributed by atoms with Crippen LogP contribution in [0.3, 0.4) is 0 Å². The highest BCUT2D eigenvalue weighted by Gasteiger charge is 2.30. The first-order valence-electron chi connectivity index (χ1n) is 5.16. The Morgan fingerprint density at radius 2 is 2.12 bits per heavy atom. The van der Waals surface area contributed by atoms with Gasteiger partial charge in [0.2, 0.25) is 5.91 Å². The standard InChI is InChI=1S/C12H14ClNO2/c1-7-4-8(13)5-9-11(7)16-12(2,3)6-10(15)14-9/h4-5H,6H2,1-3H3,(H,14,15). The second kappa shape index (κ2) is 3.67. The van der Waals surface area contributed by atoms with E-state index in [0.717, 1.165) is 5.56 Å². The highest BCUT2D eigenvalue weighted by molar-refractivity contribution is 6.31. The molecule has 3 nitrogen and oxygen atoms in total. The molecule has 0 saturated heterocycles. The van der Waals surface area contributed by atoms with E-state index in [1.54, 1.807) is 6.07 Å². The molecule has 0 saturated carbocycles. The number of fused-ring (bicyclic) bond motifs is 1. The fraction of sp³-hybridized carbons (Fsp3) is 0.417. The molecule has 2 rings (SSSR count). The van der Waals surface area contributed by atoms with Gasteiger partial charge in [-0.05, 0) is 38.5 Å². The smallest absolute Gasteiger partial charge is 0.228 e. The van der Waals surface area contributed by atoms with Gasteiger partial charge in [-0.3, -0.25) is 4.79 Å². The summed E-state index contributed by atoms with van der Waals surface area (Å²) in [6.45, 7) is 5.71. The second-order valence-electron chi connectivity index (χ2n) is 4.69. The number of anilines is 1. The third kappa shape index (κ3) is 2.14. The fourth-order valence-corrected chi connectivity index (χ4v) is 2.12. The first-order valence-corrected chi connectivity index (χ1v) is 5.54. The van der Waals surface area contributed by atoms with Crippen molar-refractivity contribution in [3.05, 3.63) is 22.7 Å². The molecule has 1 aromatic rings. The summed E-state index contributed by atoms with van der Waals surface area (Å²) in [5.41, 5.74) is 1.09. The molecular weight excluding hydrogens is 226 g/mol. The molecule has 0 unspecified atom stereocenters. The quantitative estimate of drug-likeness (QED) is 0.755. The molecule has 0 fully saturated rings. The lowest BCUT2D eigenvalue weighted by molar-refractivity contribution is -0.118. The summed E-state index contributed by atoms with van der Waals surface area (Å²) in [6, 6.07) is 3.54. The second-order valence-corrected chi connectivity index (χ2v) is 5.12. The van der Waals surface area contributed by atoms with Crippen LogP contribution in [0.4, 0.5) is 5.69 Å². The number of hydrogen-bond acceptors (Lipinski definition) is 2. The highest BCUT2D eigenvalue weighted by atomic mass is 35.5. The number of halogens is 1. The Bertz CT molecular complexity index is 455. The molecule has 16 heavy (non-hydrogen) atoms. The molecule has 1 amide bonds. The Labute approximate surface area is 99.7 Å². The van der Waals surface area contributed by atoms with Gasteiger partial charge in [-0.15, -0.1) is 0 Å². The van der Waals surface area contributed by atoms with E-state index >= 15 is 0 Å². The van der Waals surface area contributed by atoms with Crippen LogP contribution in [0.15, 0.2) is 12.1 Å². The molecule has 1 aromatic carbocycles. The number of carbonyl (C=O) groups is 1. The van der Waals surface area contributed by atoms with Gasteiger partial charge in [-0.25, -0.2) is 0 Å². The van der Waals surface area contributed by atoms with Crippen LogP contribution in [-0.2, 0) is 4.79 Å². The zero-order chi connectivity index (χ0) is 11.9. The molecule has 0 atom stereocenters. The Balaban J connectivity index is 2.54. The maximum atomic E-state index is 11.6. The van der Waals surface area contributed by atoms with Crippen LogP contribution < -0.4 is 10.1 Å². The zero-order valence-corrected chi connectivity index (χ0v) is 10.3. The molecule has 0 bridgehead atoms. The van der Waals surface area contributed by atoms with Gasteiger partial charge in [-0.2, -0.15) is 0 Å². The minimum Gasteiger partial charge on any atom is -0.485 e. The predicted molar refractivity (Wildman–Crippen MR) is 64.1 cm³/mol. The summed E-state index contributed by atoms with van der Waals surface area (Å²) in [5.74, 6) is 0.658. The van der Waals surface area contributed by atoms with Crippen LogP contribution in [-0.4, -0.2) is 11.5 Å². The van der Waals surface area contributed by atoms with Crippen LogP contribution in [0.25, 0.3) is 0 Å². The monoisotopic (exact) mass is 239 g/mol. The largest absolute Gasteiger partial charge is 0.485 e. The Morgan fingerprint density at radius 3 is 2.81 bits per heavy atom. The molecule has 0 radical (unpaired) electrons. The summed E-state index contributed by atoms with van der Waals surface area (Å²) in [7, 11) is 0. The van der Waals surface area contributed by atoms with Gasteiger partial charge in [-0.1, -0.05) is 11.6 Å². The average molecular weight is 240 g/mol. The molecule has 0 aromatic heterocycles. The molecule has 4 heteroatoms. The molecule has 86 valence electrons. The molecule has 1 aliphatic rings. The topological polar surface area (TPSA) is 38.3 Å². The van der Waals surface area contributed by atoms with E-state index in [0.29, 0.717) is 22.9 Å². The number of aryl methyl sites for hydroxylation is 1. The summed E-state index contributed by atoms with van der Waals surface area (Å²) in [6.07, 6.45) is 0.332. The van der Waals surface area contributed by atoms with E-state index in [1.807, 2.05) is 26.8 Å². The van der Waals surface area contributed by atoms with Gasteiger partial charge in [0.1, 0.15) is 11.4 Å². The molecule has 0 aliphatic carbocycles. The lowest BCUT2D eigenvalue weighted by Crippen LogP contribution is -2.31.